The average Bonchev–Trinajstić information content (AvgIpc) is 4.08. The van der Waals surface area contributed by atoms with Gasteiger partial charge < -0.3 is 13.6 Å². The van der Waals surface area contributed by atoms with Gasteiger partial charge in [0.2, 0.25) is 0 Å². The average molecular weight is 1080 g/mol. The molecule has 0 spiro atoms. The van der Waals surface area contributed by atoms with Crippen molar-refractivity contribution >= 4 is 44.0 Å². The Morgan fingerprint density at radius 1 is 0.522 bits per heavy atom. The Morgan fingerprint density at radius 2 is 1.06 bits per heavy atom. The maximum atomic E-state index is 8.30. The van der Waals surface area contributed by atoms with E-state index in [1.807, 2.05) is 66.7 Å². The first-order valence-electron chi connectivity index (χ1n) is 25.4. The van der Waals surface area contributed by atoms with Crippen LogP contribution in [0.25, 0.3) is 89.3 Å². The summed E-state index contributed by atoms with van der Waals surface area (Å²) in [4.78, 5) is 10.2. The third-order valence-electron chi connectivity index (χ3n) is 13.1. The number of fused-ring (bicyclic) bond motifs is 5. The van der Waals surface area contributed by atoms with Gasteiger partial charge in [0.25, 0.3) is 0 Å². The van der Waals surface area contributed by atoms with Gasteiger partial charge in [0.05, 0.1) is 39.3 Å². The Kier molecular flexibility index (Phi) is 12.4. The maximum absolute atomic E-state index is 8.30. The van der Waals surface area contributed by atoms with Crippen LogP contribution in [0.15, 0.2) is 168 Å². The summed E-state index contributed by atoms with van der Waals surface area (Å²) in [6, 6.07) is 62.3. The number of para-hydroxylation sites is 6. The molecular weight excluding hydrogens is 1020 g/mol. The molecule has 11 rings (SSSR count). The van der Waals surface area contributed by atoms with E-state index in [1.54, 1.807) is 6.07 Å². The minimum absolute atomic E-state index is 0. The number of hydrogen-bond donors (Lipinski definition) is 0. The largest absolute Gasteiger partial charge is 0.501 e. The first-order chi connectivity index (χ1) is 34.2. The SMILES string of the molecule is CC(C)c1cccc(C(C)C)c1-n1c(-c2[c-]cccc2)nc2ccccc21.[2H]C([2H])([2H])c1c[c-]c(-c2nc3ccccc3n2-c2c(C(C)C)cc(-c3ccccc3)cc2C(C)C)c2oc3ccccc3c12.[Ir]. The maximum Gasteiger partial charge on any atom is 0.120 e. The summed E-state index contributed by atoms with van der Waals surface area (Å²) in [5.74, 6) is 2.90. The minimum Gasteiger partial charge on any atom is -0.501 e. The molecule has 0 aliphatic heterocycles. The van der Waals surface area contributed by atoms with Gasteiger partial charge in [0.15, 0.2) is 0 Å². The molecule has 347 valence electrons. The molecule has 0 unspecified atom stereocenters. The molecule has 6 heteroatoms. The van der Waals surface area contributed by atoms with Crippen LogP contribution in [0.4, 0.5) is 0 Å². The van der Waals surface area contributed by atoms with Crippen molar-refractivity contribution in [1.82, 2.24) is 19.1 Å². The predicted molar refractivity (Wildman–Crippen MR) is 284 cm³/mol. The van der Waals surface area contributed by atoms with Gasteiger partial charge in [-0.2, -0.15) is 0 Å². The van der Waals surface area contributed by atoms with E-state index in [-0.39, 0.29) is 37.5 Å². The molecule has 1 radical (unpaired) electrons. The smallest absolute Gasteiger partial charge is 0.120 e. The Labute approximate surface area is 424 Å². The third kappa shape index (κ3) is 8.66. The summed E-state index contributed by atoms with van der Waals surface area (Å²) in [5, 5.41) is 1.35. The molecular formula is C63H58IrN4O-2. The number of nitrogens with zero attached hydrogens (tertiary/aromatic N) is 4. The fourth-order valence-corrected chi connectivity index (χ4v) is 9.71. The molecule has 0 N–H and O–H groups in total. The van der Waals surface area contributed by atoms with E-state index in [9.17, 15) is 0 Å². The zero-order valence-corrected chi connectivity index (χ0v) is 42.8. The number of aryl methyl sites for hydroxylation is 1. The van der Waals surface area contributed by atoms with Crippen LogP contribution < -0.4 is 0 Å². The van der Waals surface area contributed by atoms with E-state index in [2.05, 4.69) is 168 Å². The topological polar surface area (TPSA) is 48.8 Å². The molecule has 5 nitrogen and oxygen atoms in total. The number of furan rings is 1. The van der Waals surface area contributed by atoms with Gasteiger partial charge in [-0.3, -0.25) is 9.97 Å². The normalized spacial score (nSPS) is 12.5. The molecule has 69 heavy (non-hydrogen) atoms. The second kappa shape index (κ2) is 19.6. The summed E-state index contributed by atoms with van der Waals surface area (Å²) < 4.78 is 35.9. The second-order valence-corrected chi connectivity index (χ2v) is 18.9. The molecule has 0 fully saturated rings. The summed E-state index contributed by atoms with van der Waals surface area (Å²) in [5.41, 5.74) is 16.8. The molecule has 0 amide bonds. The van der Waals surface area contributed by atoms with Crippen LogP contribution in [0.1, 0.15) is 111 Å². The number of hydrogen-bond acceptors (Lipinski definition) is 3. The van der Waals surface area contributed by atoms with Gasteiger partial charge in [-0.15, -0.1) is 53.6 Å². The predicted octanol–water partition coefficient (Wildman–Crippen LogP) is 17.4. The van der Waals surface area contributed by atoms with E-state index in [0.717, 1.165) is 44.5 Å². The van der Waals surface area contributed by atoms with Gasteiger partial charge in [-0.25, -0.2) is 0 Å². The van der Waals surface area contributed by atoms with Crippen molar-refractivity contribution in [2.75, 3.05) is 0 Å². The Balaban J connectivity index is 0.000000196. The van der Waals surface area contributed by atoms with Gasteiger partial charge in [0.1, 0.15) is 5.58 Å². The standard InChI is InChI=1S/C38H33N2O.C25H25N2.Ir/c1-23(2)30-21-27(26-13-7-6-8-14-26)22-31(24(3)4)36(30)40-33-17-11-10-16-32(33)39-38(40)29-20-19-25(5)35-28-15-9-12-18-34(28)41-37(29)35;1-17(2)20-13-10-14-21(18(3)4)24(20)27-23-16-9-8-15-22(23)26-25(27)19-11-6-5-7-12-19;/h6-19,21-24H,1-5H3;5-11,13-18H,1-4H3;/q2*-1;/i5D3;;. The summed E-state index contributed by atoms with van der Waals surface area (Å²) in [6.45, 7) is 15.6. The van der Waals surface area contributed by atoms with Crippen LogP contribution >= 0.6 is 0 Å². The second-order valence-electron chi connectivity index (χ2n) is 18.9. The van der Waals surface area contributed by atoms with Crippen LogP contribution in [0.3, 0.4) is 0 Å². The van der Waals surface area contributed by atoms with Gasteiger partial charge in [-0.1, -0.05) is 164 Å². The monoisotopic (exact) mass is 1080 g/mol. The van der Waals surface area contributed by atoms with Crippen LogP contribution in [0.5, 0.6) is 0 Å². The van der Waals surface area contributed by atoms with Crippen molar-refractivity contribution in [3.8, 4) is 45.3 Å². The van der Waals surface area contributed by atoms with Crippen molar-refractivity contribution < 1.29 is 28.6 Å². The Bertz CT molecular complexity index is 3660. The molecule has 11 aromatic rings. The van der Waals surface area contributed by atoms with Crippen molar-refractivity contribution in [3.05, 3.63) is 204 Å². The number of benzene rings is 8. The van der Waals surface area contributed by atoms with Gasteiger partial charge in [-0.05, 0) is 99.5 Å². The van der Waals surface area contributed by atoms with E-state index >= 15 is 0 Å². The summed E-state index contributed by atoms with van der Waals surface area (Å²) in [7, 11) is 0. The Hall–Kier alpha value is -6.85. The van der Waals surface area contributed by atoms with Crippen LogP contribution in [0.2, 0.25) is 0 Å². The molecule has 0 atom stereocenters. The molecule has 3 heterocycles. The minimum atomic E-state index is -2.33. The van der Waals surface area contributed by atoms with Crippen LogP contribution in [0, 0.1) is 19.0 Å². The van der Waals surface area contributed by atoms with Crippen LogP contribution in [-0.2, 0) is 20.1 Å². The number of aromatic nitrogens is 4. The summed E-state index contributed by atoms with van der Waals surface area (Å²) in [6.07, 6.45) is 0. The summed E-state index contributed by atoms with van der Waals surface area (Å²) >= 11 is 0. The number of rotatable bonds is 9. The molecule has 0 bridgehead atoms. The van der Waals surface area contributed by atoms with E-state index in [4.69, 9.17) is 18.5 Å². The Morgan fingerprint density at radius 3 is 1.65 bits per heavy atom. The van der Waals surface area contributed by atoms with Crippen LogP contribution in [-0.4, -0.2) is 19.1 Å². The third-order valence-corrected chi connectivity index (χ3v) is 13.1. The molecule has 0 aliphatic rings. The van der Waals surface area contributed by atoms with Gasteiger partial charge in [0, 0.05) is 41.0 Å². The van der Waals surface area contributed by atoms with E-state index in [1.165, 1.54) is 39.1 Å². The fraction of sp³-hybridized carbons (Fsp3) is 0.206. The van der Waals surface area contributed by atoms with E-state index < -0.39 is 6.85 Å². The molecule has 0 saturated carbocycles. The quantitative estimate of drug-likeness (QED) is 0.135. The number of imidazole rings is 2. The fourth-order valence-electron chi connectivity index (χ4n) is 9.71. The molecule has 0 saturated heterocycles. The van der Waals surface area contributed by atoms with Gasteiger partial charge >= 0.3 is 0 Å². The van der Waals surface area contributed by atoms with Crippen molar-refractivity contribution in [2.45, 2.75) is 85.9 Å². The molecule has 8 aromatic carbocycles. The zero-order chi connectivity index (χ0) is 49.7. The first kappa shape index (κ1) is 43.4. The molecule has 3 aromatic heterocycles. The first-order valence-corrected chi connectivity index (χ1v) is 23.9. The van der Waals surface area contributed by atoms with Crippen molar-refractivity contribution in [1.29, 1.82) is 0 Å². The van der Waals surface area contributed by atoms with Crippen molar-refractivity contribution in [3.63, 3.8) is 0 Å². The van der Waals surface area contributed by atoms with E-state index in [0.29, 0.717) is 39.8 Å². The van der Waals surface area contributed by atoms with Crippen molar-refractivity contribution in [2.24, 2.45) is 0 Å². The zero-order valence-electron chi connectivity index (χ0n) is 43.4. The molecule has 0 aliphatic carbocycles.